The SMILES string of the molecule is CC(C)c1nnc2n1C[C@H]1CC[C@@H](C2)N1S(=O)(=O)Cc1ccccc1. The molecule has 0 spiro atoms. The monoisotopic (exact) mass is 360 g/mol. The lowest BCUT2D eigenvalue weighted by Crippen LogP contribution is -2.42. The van der Waals surface area contributed by atoms with E-state index in [9.17, 15) is 8.42 Å². The van der Waals surface area contributed by atoms with Crippen LogP contribution in [-0.4, -0.2) is 39.6 Å². The van der Waals surface area contributed by atoms with Crippen LogP contribution >= 0.6 is 0 Å². The van der Waals surface area contributed by atoms with Gasteiger partial charge in [0.05, 0.1) is 5.75 Å². The molecule has 0 radical (unpaired) electrons. The largest absolute Gasteiger partial charge is 0.313 e. The normalized spacial score (nSPS) is 23.6. The molecule has 2 aliphatic heterocycles. The van der Waals surface area contributed by atoms with E-state index in [4.69, 9.17) is 0 Å². The van der Waals surface area contributed by atoms with Gasteiger partial charge in [0.15, 0.2) is 0 Å². The van der Waals surface area contributed by atoms with Crippen molar-refractivity contribution < 1.29 is 8.42 Å². The lowest BCUT2D eigenvalue weighted by Gasteiger charge is -2.27. The van der Waals surface area contributed by atoms with Crippen molar-refractivity contribution in [2.45, 2.75) is 63.4 Å². The van der Waals surface area contributed by atoms with E-state index in [0.29, 0.717) is 13.0 Å². The van der Waals surface area contributed by atoms with Gasteiger partial charge in [-0.05, 0) is 18.4 Å². The third-order valence-electron chi connectivity index (χ3n) is 5.25. The maximum absolute atomic E-state index is 13.1. The molecule has 2 aromatic rings. The van der Waals surface area contributed by atoms with E-state index in [1.54, 1.807) is 4.31 Å². The average molecular weight is 360 g/mol. The zero-order chi connectivity index (χ0) is 17.6. The minimum atomic E-state index is -3.35. The van der Waals surface area contributed by atoms with E-state index in [1.165, 1.54) is 0 Å². The fourth-order valence-electron chi connectivity index (χ4n) is 4.16. The van der Waals surface area contributed by atoms with Crippen molar-refractivity contribution in [1.82, 2.24) is 19.1 Å². The van der Waals surface area contributed by atoms with E-state index < -0.39 is 10.0 Å². The average Bonchev–Trinajstić information content (AvgIpc) is 3.08. The van der Waals surface area contributed by atoms with Gasteiger partial charge in [-0.3, -0.25) is 0 Å². The fraction of sp³-hybridized carbons (Fsp3) is 0.556. The maximum atomic E-state index is 13.1. The molecule has 1 fully saturated rings. The number of hydrogen-bond donors (Lipinski definition) is 0. The molecular formula is C18H24N4O2S. The molecule has 0 aliphatic carbocycles. The lowest BCUT2D eigenvalue weighted by molar-refractivity contribution is 0.313. The van der Waals surface area contributed by atoms with Crippen LogP contribution in [0.25, 0.3) is 0 Å². The molecule has 3 heterocycles. The zero-order valence-corrected chi connectivity index (χ0v) is 15.5. The fourth-order valence-corrected chi connectivity index (χ4v) is 6.19. The number of nitrogens with zero attached hydrogens (tertiary/aromatic N) is 4. The molecule has 1 aromatic heterocycles. The predicted octanol–water partition coefficient (Wildman–Crippen LogP) is 2.32. The van der Waals surface area contributed by atoms with Gasteiger partial charge < -0.3 is 4.57 Å². The number of benzene rings is 1. The Bertz CT molecular complexity index is 860. The molecule has 0 unspecified atom stereocenters. The minimum absolute atomic E-state index is 0.00387. The number of fused-ring (bicyclic) bond motifs is 3. The summed E-state index contributed by atoms with van der Waals surface area (Å²) in [4.78, 5) is 0. The van der Waals surface area contributed by atoms with Crippen LogP contribution in [0.4, 0.5) is 0 Å². The summed E-state index contributed by atoms with van der Waals surface area (Å²) in [5, 5.41) is 8.68. The van der Waals surface area contributed by atoms with Crippen molar-refractivity contribution in [2.24, 2.45) is 0 Å². The van der Waals surface area contributed by atoms with E-state index in [-0.39, 0.29) is 23.8 Å². The summed E-state index contributed by atoms with van der Waals surface area (Å²) in [5.74, 6) is 2.24. The zero-order valence-electron chi connectivity index (χ0n) is 14.7. The number of rotatable bonds is 4. The first-order valence-corrected chi connectivity index (χ1v) is 10.5. The number of aromatic nitrogens is 3. The molecule has 1 saturated heterocycles. The van der Waals surface area contributed by atoms with Crippen LogP contribution in [0.3, 0.4) is 0 Å². The van der Waals surface area contributed by atoms with Gasteiger partial charge in [-0.1, -0.05) is 44.2 Å². The maximum Gasteiger partial charge on any atom is 0.218 e. The van der Waals surface area contributed by atoms with E-state index in [0.717, 1.165) is 30.1 Å². The van der Waals surface area contributed by atoms with Crippen molar-refractivity contribution >= 4 is 10.0 Å². The summed E-state index contributed by atoms with van der Waals surface area (Å²) in [7, 11) is -3.35. The van der Waals surface area contributed by atoms with Crippen LogP contribution in [0.5, 0.6) is 0 Å². The summed E-state index contributed by atoms with van der Waals surface area (Å²) in [6.07, 6.45) is 2.47. The van der Waals surface area contributed by atoms with Gasteiger partial charge in [0, 0.05) is 31.0 Å². The van der Waals surface area contributed by atoms with E-state index >= 15 is 0 Å². The van der Waals surface area contributed by atoms with Crippen LogP contribution < -0.4 is 0 Å². The third-order valence-corrected chi connectivity index (χ3v) is 7.19. The molecule has 134 valence electrons. The van der Waals surface area contributed by atoms with E-state index in [2.05, 4.69) is 28.6 Å². The van der Waals surface area contributed by atoms with Crippen molar-refractivity contribution in [3.05, 3.63) is 47.5 Å². The highest BCUT2D eigenvalue weighted by atomic mass is 32.2. The van der Waals surface area contributed by atoms with Crippen molar-refractivity contribution in [2.75, 3.05) is 0 Å². The molecule has 6 nitrogen and oxygen atoms in total. The van der Waals surface area contributed by atoms with Gasteiger partial charge in [-0.25, -0.2) is 8.42 Å². The van der Waals surface area contributed by atoms with Gasteiger partial charge in [-0.2, -0.15) is 4.31 Å². The molecule has 0 N–H and O–H groups in total. The van der Waals surface area contributed by atoms with Crippen LogP contribution in [0.2, 0.25) is 0 Å². The summed E-state index contributed by atoms with van der Waals surface area (Å²) >= 11 is 0. The minimum Gasteiger partial charge on any atom is -0.313 e. The topological polar surface area (TPSA) is 68.1 Å². The van der Waals surface area contributed by atoms with Gasteiger partial charge >= 0.3 is 0 Å². The molecule has 4 rings (SSSR count). The molecule has 0 amide bonds. The first-order chi connectivity index (χ1) is 12.0. The highest BCUT2D eigenvalue weighted by Gasteiger charge is 2.44. The summed E-state index contributed by atoms with van der Waals surface area (Å²) < 4.78 is 30.2. The lowest BCUT2D eigenvalue weighted by atomic mass is 10.1. The van der Waals surface area contributed by atoms with Gasteiger partial charge in [-0.15, -0.1) is 10.2 Å². The van der Waals surface area contributed by atoms with E-state index in [1.807, 2.05) is 30.3 Å². The summed E-state index contributed by atoms with van der Waals surface area (Å²) in [6.45, 7) is 4.87. The van der Waals surface area contributed by atoms with Gasteiger partial charge in [0.2, 0.25) is 10.0 Å². The molecule has 2 bridgehead atoms. The Hall–Kier alpha value is -1.73. The highest BCUT2D eigenvalue weighted by Crippen LogP contribution is 2.35. The predicted molar refractivity (Wildman–Crippen MR) is 95.5 cm³/mol. The molecule has 2 aliphatic rings. The Morgan fingerprint density at radius 2 is 1.84 bits per heavy atom. The smallest absolute Gasteiger partial charge is 0.218 e. The van der Waals surface area contributed by atoms with Crippen LogP contribution in [0.15, 0.2) is 30.3 Å². The quantitative estimate of drug-likeness (QED) is 0.839. The Morgan fingerprint density at radius 3 is 2.56 bits per heavy atom. The second kappa shape index (κ2) is 6.21. The summed E-state index contributed by atoms with van der Waals surface area (Å²) in [6, 6.07) is 9.45. The molecular weight excluding hydrogens is 336 g/mol. The first kappa shape index (κ1) is 16.7. The Balaban J connectivity index is 1.64. The first-order valence-electron chi connectivity index (χ1n) is 8.93. The highest BCUT2D eigenvalue weighted by molar-refractivity contribution is 7.88. The van der Waals surface area contributed by atoms with Gasteiger partial charge in [0.1, 0.15) is 11.6 Å². The second-order valence-corrected chi connectivity index (χ2v) is 9.27. The van der Waals surface area contributed by atoms with Crippen LogP contribution in [0, 0.1) is 0 Å². The molecule has 7 heteroatoms. The molecule has 0 saturated carbocycles. The van der Waals surface area contributed by atoms with Gasteiger partial charge in [0.25, 0.3) is 0 Å². The Morgan fingerprint density at radius 1 is 1.12 bits per heavy atom. The summed E-state index contributed by atoms with van der Waals surface area (Å²) in [5.41, 5.74) is 0.841. The number of hydrogen-bond acceptors (Lipinski definition) is 4. The van der Waals surface area contributed by atoms with Crippen molar-refractivity contribution in [3.63, 3.8) is 0 Å². The Labute approximate surface area is 148 Å². The van der Waals surface area contributed by atoms with Crippen LogP contribution in [0.1, 0.15) is 49.8 Å². The number of sulfonamides is 1. The molecule has 1 aromatic carbocycles. The standard InChI is InChI=1S/C18H24N4O2S/c1-13(2)18-20-19-17-10-15-8-9-16(11-21(17)18)22(15)25(23,24)12-14-6-4-3-5-7-14/h3-7,13,15-16H,8-12H2,1-2H3/t15-,16+/m0/s1. The Kier molecular flexibility index (Phi) is 4.16. The van der Waals surface area contributed by atoms with Crippen molar-refractivity contribution in [1.29, 1.82) is 0 Å². The third kappa shape index (κ3) is 3.00. The molecule has 25 heavy (non-hydrogen) atoms. The van der Waals surface area contributed by atoms with Crippen molar-refractivity contribution in [3.8, 4) is 0 Å². The van der Waals surface area contributed by atoms with Crippen LogP contribution in [-0.2, 0) is 28.7 Å². The molecule has 2 atom stereocenters. The second-order valence-electron chi connectivity index (χ2n) is 7.40.